The Kier molecular flexibility index (Phi) is 24.5. The number of pyridine rings is 8. The first-order valence-electron chi connectivity index (χ1n) is 28.0. The molecule has 17 rings (SSSR count). The molecule has 0 atom stereocenters. The number of benzene rings is 6. The smallest absolute Gasteiger partial charge is 0.248 e. The molecule has 0 spiro atoms. The molecule has 6 aromatic carbocycles. The molecule has 95 heavy (non-hydrogen) atoms. The Hall–Kier alpha value is -9.84. The second-order valence-electron chi connectivity index (χ2n) is 20.1. The number of hydrogen-bond donors (Lipinski definition) is 5. The van der Waals surface area contributed by atoms with E-state index in [0.717, 1.165) is 71.3 Å². The number of para-hydroxylation sites is 4. The third kappa shape index (κ3) is 15.9. The molecule has 0 amide bonds. The molecule has 11 heterocycles. The summed E-state index contributed by atoms with van der Waals surface area (Å²) in [5.74, 6) is 1.47. The third-order valence-corrected chi connectivity index (χ3v) is 14.4. The van der Waals surface area contributed by atoms with Crippen LogP contribution in [0.4, 0.5) is 0 Å². The Morgan fingerprint density at radius 1 is 0.295 bits per heavy atom. The zero-order chi connectivity index (χ0) is 61.3. The van der Waals surface area contributed by atoms with Gasteiger partial charge in [0.2, 0.25) is 11.8 Å². The van der Waals surface area contributed by atoms with Crippen LogP contribution in [-0.4, -0.2) is 75.4 Å². The van der Waals surface area contributed by atoms with Crippen molar-refractivity contribution < 1.29 is 136 Å². The van der Waals surface area contributed by atoms with Crippen molar-refractivity contribution in [3.05, 3.63) is 263 Å². The van der Waals surface area contributed by atoms with E-state index in [4.69, 9.17) is 13.3 Å². The van der Waals surface area contributed by atoms with Crippen molar-refractivity contribution in [2.45, 2.75) is 0 Å². The van der Waals surface area contributed by atoms with E-state index in [1.807, 2.05) is 140 Å². The van der Waals surface area contributed by atoms with Gasteiger partial charge in [-0.3, -0.25) is 34.9 Å². The van der Waals surface area contributed by atoms with E-state index in [0.29, 0.717) is 51.0 Å². The Balaban J connectivity index is 0.000000152. The second kappa shape index (κ2) is 32.8. The van der Waals surface area contributed by atoms with Gasteiger partial charge in [0, 0.05) is 186 Å². The average Bonchev–Trinajstić information content (AvgIpc) is 1.76. The Morgan fingerprint density at radius 2 is 0.842 bits per heavy atom. The Bertz CT molecular complexity index is 5390. The first kappa shape index (κ1) is 71.0. The number of rotatable bonds is 5. The van der Waals surface area contributed by atoms with Crippen LogP contribution in [0.2, 0.25) is 0 Å². The predicted octanol–water partition coefficient (Wildman–Crippen LogP) is 16.1. The zero-order valence-corrected chi connectivity index (χ0v) is 65.6. The summed E-state index contributed by atoms with van der Waals surface area (Å²) in [5.41, 5.74) is 8.70. The van der Waals surface area contributed by atoms with Crippen molar-refractivity contribution >= 4 is 76.3 Å². The van der Waals surface area contributed by atoms with Crippen molar-refractivity contribution in [3.63, 3.8) is 0 Å². The molecule has 17 aromatic rings. The molecular weight excluding hydrogens is 1460 g/mol. The molecule has 5 N–H and O–H groups in total. The van der Waals surface area contributed by atoms with E-state index in [-0.39, 0.29) is 126 Å². The molecule has 0 aliphatic carbocycles. The van der Waals surface area contributed by atoms with Crippen LogP contribution in [0.15, 0.2) is 276 Å². The topological polar surface area (TPSA) is 269 Å². The number of fused-ring (bicyclic) bond motifs is 9. The van der Waals surface area contributed by atoms with Crippen LogP contribution in [-0.2, 0) is 97.4 Å². The minimum Gasteiger partial charge on any atom is -0.507 e. The van der Waals surface area contributed by atoms with Crippen LogP contribution in [0, 0.1) is 0 Å². The fourth-order valence-corrected chi connectivity index (χ4v) is 9.98. The molecule has 0 fully saturated rings. The number of aromatic nitrogens is 10. The number of aromatic hydroxyl groups is 5. The second-order valence-corrected chi connectivity index (χ2v) is 20.1. The van der Waals surface area contributed by atoms with Crippen LogP contribution in [0.1, 0.15) is 0 Å². The molecule has 0 unspecified atom stereocenters. The largest absolute Gasteiger partial charge is 0.507 e. The molecule has 0 saturated heterocycles. The van der Waals surface area contributed by atoms with Crippen LogP contribution in [0.5, 0.6) is 28.7 Å². The quantitative estimate of drug-likeness (QED) is 0.0791. The SMILES string of the molecule is Oc1c(-c2cc3ccccc3cn2)cnc2ccccc12.Oc1cccnc1-c1ncco1.Oc1ccncc1-c1cc2c(ccc3ccccc32)cn1.Oc1ccncc1-c1cc2c(cn1)oc1ccccc12.Oc1ccncc1-c1nc2ccccc2o1.[Zn].[Zn].[Zn].[Zn].[Zn]. The van der Waals surface area contributed by atoms with Gasteiger partial charge in [0.05, 0.1) is 57.2 Å². The number of hydrogen-bond acceptors (Lipinski definition) is 18. The number of oxazole rings is 2. The summed E-state index contributed by atoms with van der Waals surface area (Å²) in [6.07, 6.45) is 20.9. The van der Waals surface area contributed by atoms with Gasteiger partial charge < -0.3 is 38.8 Å². The van der Waals surface area contributed by atoms with Crippen molar-refractivity contribution in [1.29, 1.82) is 0 Å². The molecule has 0 saturated carbocycles. The zero-order valence-electron chi connectivity index (χ0n) is 50.8. The van der Waals surface area contributed by atoms with Gasteiger partial charge in [-0.25, -0.2) is 15.0 Å². The molecular formula is C72H48N10O8Zn5. The van der Waals surface area contributed by atoms with Gasteiger partial charge in [-0.1, -0.05) is 103 Å². The van der Waals surface area contributed by atoms with E-state index < -0.39 is 0 Å². The maximum atomic E-state index is 10.5. The van der Waals surface area contributed by atoms with Crippen molar-refractivity contribution in [3.8, 4) is 85.6 Å². The van der Waals surface area contributed by atoms with E-state index in [2.05, 4.69) is 74.1 Å². The molecule has 0 radical (unpaired) electrons. The molecule has 0 bridgehead atoms. The van der Waals surface area contributed by atoms with Crippen LogP contribution < -0.4 is 0 Å². The summed E-state index contributed by atoms with van der Waals surface area (Å²) >= 11 is 0. The third-order valence-electron chi connectivity index (χ3n) is 14.4. The van der Waals surface area contributed by atoms with Gasteiger partial charge in [-0.05, 0) is 100 Å². The fraction of sp³-hybridized carbons (Fsp3) is 0. The molecule has 444 valence electrons. The van der Waals surface area contributed by atoms with E-state index in [1.54, 1.807) is 61.6 Å². The minimum atomic E-state index is 0. The summed E-state index contributed by atoms with van der Waals surface area (Å²) in [5, 5.41) is 58.8. The maximum Gasteiger partial charge on any atom is 0.248 e. The van der Waals surface area contributed by atoms with Gasteiger partial charge in [-0.2, -0.15) is 0 Å². The van der Waals surface area contributed by atoms with Crippen molar-refractivity contribution in [1.82, 2.24) is 49.8 Å². The normalized spacial score (nSPS) is 10.3. The molecule has 11 aromatic heterocycles. The minimum absolute atomic E-state index is 0. The van der Waals surface area contributed by atoms with Crippen LogP contribution in [0.3, 0.4) is 0 Å². The van der Waals surface area contributed by atoms with Gasteiger partial charge in [-0.15, -0.1) is 0 Å². The Labute approximate surface area is 605 Å². The van der Waals surface area contributed by atoms with Crippen molar-refractivity contribution in [2.24, 2.45) is 0 Å². The van der Waals surface area contributed by atoms with Gasteiger partial charge in [0.15, 0.2) is 16.9 Å². The number of furan rings is 1. The fourth-order valence-electron chi connectivity index (χ4n) is 9.98. The summed E-state index contributed by atoms with van der Waals surface area (Å²) in [4.78, 5) is 41.7. The monoisotopic (exact) mass is 1500 g/mol. The molecule has 0 aliphatic heterocycles. The van der Waals surface area contributed by atoms with Crippen LogP contribution >= 0.6 is 0 Å². The van der Waals surface area contributed by atoms with Crippen LogP contribution in [0.25, 0.3) is 133 Å². The standard InChI is InChI=1S/2C18H12N2O.C16H10N2O2.C12H8N2O2.C8H6N2O2.5Zn/c21-18-14-7-3-4-8-16(14)20-11-15(18)17-9-12-5-1-2-6-13(12)10-19-17;21-18-7-8-19-11-16(18)17-9-15-13(10-20-17)6-5-12-3-1-2-4-14(12)15;19-14-5-6-17-8-12(14)13-7-11-10-3-1-2-4-15(10)20-16(11)9-18-13;15-10-5-6-13-7-8(10)12-14-9-3-1-2-4-11(9)16-12;11-6-2-1-3-9-7(6)8-10-4-5-12-8;;;;;/h1-11H,(H,20,21);1-11H,(H,19,21);1-9H,(H,17,19);1-7H,(H,13,15);1-5,11H;;;;;. The molecule has 18 nitrogen and oxygen atoms in total. The first-order chi connectivity index (χ1) is 44.2. The number of nitrogens with zero attached hydrogens (tertiary/aromatic N) is 10. The summed E-state index contributed by atoms with van der Waals surface area (Å²) in [7, 11) is 0. The summed E-state index contributed by atoms with van der Waals surface area (Å²) in [6.45, 7) is 0. The van der Waals surface area contributed by atoms with E-state index in [1.165, 1.54) is 47.8 Å². The predicted molar refractivity (Wildman–Crippen MR) is 345 cm³/mol. The van der Waals surface area contributed by atoms with Gasteiger partial charge >= 0.3 is 0 Å². The summed E-state index contributed by atoms with van der Waals surface area (Å²) < 4.78 is 16.2. The van der Waals surface area contributed by atoms with E-state index >= 15 is 0 Å². The van der Waals surface area contributed by atoms with E-state index in [9.17, 15) is 25.5 Å². The average molecular weight is 1510 g/mol. The maximum absolute atomic E-state index is 10.5. The first-order valence-corrected chi connectivity index (χ1v) is 28.0. The van der Waals surface area contributed by atoms with Gasteiger partial charge in [0.25, 0.3) is 0 Å². The summed E-state index contributed by atoms with van der Waals surface area (Å²) in [6, 6.07) is 57.0. The van der Waals surface area contributed by atoms with Gasteiger partial charge in [0.1, 0.15) is 46.1 Å². The molecule has 23 heteroatoms. The molecule has 0 aliphatic rings. The van der Waals surface area contributed by atoms with Crippen molar-refractivity contribution in [2.75, 3.05) is 0 Å². The Morgan fingerprint density at radius 3 is 1.49 bits per heavy atom.